The highest BCUT2D eigenvalue weighted by Gasteiger charge is 2.57. The molecule has 10 heteroatoms. The normalized spacial score (nSPS) is 25.1. The van der Waals surface area contributed by atoms with Crippen molar-refractivity contribution in [3.63, 3.8) is 0 Å². The number of hydrogen-bond donors (Lipinski definition) is 3. The third kappa shape index (κ3) is 4.36. The minimum atomic E-state index is -1.60. The molecule has 0 aromatic heterocycles. The van der Waals surface area contributed by atoms with Crippen molar-refractivity contribution in [2.24, 2.45) is 11.8 Å². The first-order valence-corrected chi connectivity index (χ1v) is 10.6. The number of carbonyl (C=O) groups is 2. The van der Waals surface area contributed by atoms with Crippen LogP contribution in [-0.2, 0) is 14.3 Å². The van der Waals surface area contributed by atoms with Gasteiger partial charge in [0.05, 0.1) is 28.1 Å². The van der Waals surface area contributed by atoms with Gasteiger partial charge >= 0.3 is 11.9 Å². The van der Waals surface area contributed by atoms with Crippen LogP contribution in [-0.4, -0.2) is 55.5 Å². The van der Waals surface area contributed by atoms with E-state index in [0.717, 1.165) is 0 Å². The second kappa shape index (κ2) is 8.95. The van der Waals surface area contributed by atoms with Crippen LogP contribution in [0.3, 0.4) is 0 Å². The predicted molar refractivity (Wildman–Crippen MR) is 117 cm³/mol. The van der Waals surface area contributed by atoms with Crippen LogP contribution in [0.2, 0.25) is 0 Å². The van der Waals surface area contributed by atoms with Crippen molar-refractivity contribution in [1.29, 1.82) is 0 Å². The van der Waals surface area contributed by atoms with E-state index < -0.39 is 47.1 Å². The third-order valence-electron chi connectivity index (χ3n) is 6.33. The molecule has 0 radical (unpaired) electrons. The van der Waals surface area contributed by atoms with E-state index in [0.29, 0.717) is 11.4 Å². The number of nitro groups is 1. The van der Waals surface area contributed by atoms with Crippen molar-refractivity contribution < 1.29 is 34.6 Å². The summed E-state index contributed by atoms with van der Waals surface area (Å²) in [6.45, 7) is 8.38. The molecule has 10 nitrogen and oxygen atoms in total. The van der Waals surface area contributed by atoms with Gasteiger partial charge in [-0.1, -0.05) is 19.1 Å². The van der Waals surface area contributed by atoms with Gasteiger partial charge in [0.15, 0.2) is 6.29 Å². The Balaban J connectivity index is 2.26. The maximum atomic E-state index is 13.2. The Bertz CT molecular complexity index is 1060. The lowest BCUT2D eigenvalue weighted by molar-refractivity contribution is -0.384. The highest BCUT2D eigenvalue weighted by molar-refractivity contribution is 5.99. The molecule has 1 heterocycles. The number of benzene rings is 1. The SMILES string of the molecule is CC1=C(C(=O)O)C(c2cccc([N+](=O)[O-])c2)C(C(=O)OC(C)C)=C(C)N1C1C(C)C1C(O)O. The summed E-state index contributed by atoms with van der Waals surface area (Å²) >= 11 is 0. The van der Waals surface area contributed by atoms with Crippen LogP contribution in [0, 0.1) is 22.0 Å². The van der Waals surface area contributed by atoms with E-state index in [1.54, 1.807) is 38.7 Å². The number of allylic oxidation sites excluding steroid dienone is 2. The number of aliphatic hydroxyl groups excluding tert-OH is 1. The highest BCUT2D eigenvalue weighted by Crippen LogP contribution is 2.52. The minimum absolute atomic E-state index is 0.0532. The summed E-state index contributed by atoms with van der Waals surface area (Å²) in [6.07, 6.45) is -2.08. The fourth-order valence-electron chi connectivity index (χ4n) is 4.82. The van der Waals surface area contributed by atoms with Gasteiger partial charge < -0.3 is 25.0 Å². The van der Waals surface area contributed by atoms with Crippen molar-refractivity contribution in [2.75, 3.05) is 0 Å². The third-order valence-corrected chi connectivity index (χ3v) is 6.33. The van der Waals surface area contributed by atoms with Crippen molar-refractivity contribution in [1.82, 2.24) is 4.90 Å². The van der Waals surface area contributed by atoms with Gasteiger partial charge in [0.25, 0.3) is 5.69 Å². The van der Waals surface area contributed by atoms with Crippen molar-refractivity contribution in [3.05, 3.63) is 62.5 Å². The van der Waals surface area contributed by atoms with Gasteiger partial charge in [-0.25, -0.2) is 9.59 Å². The van der Waals surface area contributed by atoms with Gasteiger partial charge in [-0.2, -0.15) is 0 Å². The minimum Gasteiger partial charge on any atom is -0.478 e. The van der Waals surface area contributed by atoms with Gasteiger partial charge in [0.2, 0.25) is 0 Å². The Morgan fingerprint density at radius 1 is 1.15 bits per heavy atom. The summed E-state index contributed by atoms with van der Waals surface area (Å²) in [7, 11) is 0. The number of carboxylic acids is 1. The van der Waals surface area contributed by atoms with Gasteiger partial charge in [-0.15, -0.1) is 0 Å². The van der Waals surface area contributed by atoms with E-state index in [-0.39, 0.29) is 28.3 Å². The number of hydrogen-bond acceptors (Lipinski definition) is 8. The van der Waals surface area contributed by atoms with Crippen LogP contribution in [0.15, 0.2) is 46.8 Å². The van der Waals surface area contributed by atoms with Gasteiger partial charge in [-0.3, -0.25) is 10.1 Å². The molecule has 178 valence electrons. The zero-order valence-corrected chi connectivity index (χ0v) is 19.1. The Hall–Kier alpha value is -3.24. The molecule has 3 N–H and O–H groups in total. The monoisotopic (exact) mass is 460 g/mol. The lowest BCUT2D eigenvalue weighted by Crippen LogP contribution is -2.38. The molecule has 1 fully saturated rings. The smallest absolute Gasteiger partial charge is 0.337 e. The van der Waals surface area contributed by atoms with Crippen molar-refractivity contribution in [2.45, 2.75) is 59.0 Å². The molecule has 1 saturated carbocycles. The number of esters is 1. The second-order valence-electron chi connectivity index (χ2n) is 8.75. The van der Waals surface area contributed by atoms with Crippen molar-refractivity contribution in [3.8, 4) is 0 Å². The molecule has 4 atom stereocenters. The molecule has 33 heavy (non-hydrogen) atoms. The summed E-state index contributed by atoms with van der Waals surface area (Å²) in [5.41, 5.74) is 0.723. The van der Waals surface area contributed by atoms with E-state index in [9.17, 15) is 35.0 Å². The fraction of sp³-hybridized carbons (Fsp3) is 0.478. The Labute approximate surface area is 190 Å². The first kappa shape index (κ1) is 24.4. The molecule has 1 aliphatic carbocycles. The quantitative estimate of drug-likeness (QED) is 0.241. The molecule has 1 aromatic carbocycles. The van der Waals surface area contributed by atoms with Crippen LogP contribution in [0.1, 0.15) is 46.1 Å². The Morgan fingerprint density at radius 2 is 1.76 bits per heavy atom. The van der Waals surface area contributed by atoms with Crippen molar-refractivity contribution >= 4 is 17.6 Å². The van der Waals surface area contributed by atoms with Crippen LogP contribution in [0.25, 0.3) is 0 Å². The molecule has 0 bridgehead atoms. The number of nitro benzene ring substituents is 1. The molecular formula is C23H28N2O8. The molecule has 0 spiro atoms. The zero-order chi connectivity index (χ0) is 24.8. The zero-order valence-electron chi connectivity index (χ0n) is 19.1. The maximum absolute atomic E-state index is 13.2. The number of carboxylic acid groups (broad SMARTS) is 1. The summed E-state index contributed by atoms with van der Waals surface area (Å²) < 4.78 is 5.43. The van der Waals surface area contributed by atoms with Gasteiger partial charge in [0, 0.05) is 35.5 Å². The lowest BCUT2D eigenvalue weighted by atomic mass is 9.79. The summed E-state index contributed by atoms with van der Waals surface area (Å²) in [5.74, 6) is -3.81. The lowest BCUT2D eigenvalue weighted by Gasteiger charge is -2.38. The average molecular weight is 460 g/mol. The number of rotatable bonds is 7. The predicted octanol–water partition coefficient (Wildman–Crippen LogP) is 2.52. The van der Waals surface area contributed by atoms with Gasteiger partial charge in [0.1, 0.15) is 0 Å². The molecule has 1 aromatic rings. The van der Waals surface area contributed by atoms with Crippen LogP contribution in [0.5, 0.6) is 0 Å². The van der Waals surface area contributed by atoms with E-state index in [1.165, 1.54) is 18.2 Å². The number of non-ortho nitro benzene ring substituents is 1. The maximum Gasteiger partial charge on any atom is 0.337 e. The average Bonchev–Trinajstić information content (AvgIpc) is 3.37. The summed E-state index contributed by atoms with van der Waals surface area (Å²) in [4.78, 5) is 38.1. The fourth-order valence-corrected chi connectivity index (χ4v) is 4.82. The van der Waals surface area contributed by atoms with Crippen LogP contribution in [0.4, 0.5) is 5.69 Å². The standard InChI is InChI=1S/C23H28N2O8/c1-10(2)33-23(30)18-13(5)24(20-11(3)16(20)21(26)27)12(4)17(22(28)29)19(18)14-7-6-8-15(9-14)25(31)32/h6-11,16,19-21,26-27H,1-5H3,(H,28,29). The summed E-state index contributed by atoms with van der Waals surface area (Å²) in [6, 6.07) is 5.10. The number of nitrogens with zero attached hydrogens (tertiary/aromatic N) is 2. The van der Waals surface area contributed by atoms with Crippen LogP contribution >= 0.6 is 0 Å². The topological polar surface area (TPSA) is 150 Å². The molecule has 2 aliphatic rings. The Kier molecular flexibility index (Phi) is 6.62. The van der Waals surface area contributed by atoms with E-state index >= 15 is 0 Å². The molecular weight excluding hydrogens is 432 g/mol. The molecule has 3 rings (SSSR count). The summed E-state index contributed by atoms with van der Waals surface area (Å²) in [5, 5.41) is 41.0. The highest BCUT2D eigenvalue weighted by atomic mass is 16.6. The van der Waals surface area contributed by atoms with E-state index in [4.69, 9.17) is 4.74 Å². The number of ether oxygens (including phenoxy) is 1. The first-order chi connectivity index (χ1) is 15.4. The Morgan fingerprint density at radius 3 is 2.24 bits per heavy atom. The second-order valence-corrected chi connectivity index (χ2v) is 8.75. The first-order valence-electron chi connectivity index (χ1n) is 10.6. The molecule has 0 amide bonds. The number of aliphatic hydroxyl groups is 2. The van der Waals surface area contributed by atoms with E-state index in [2.05, 4.69) is 0 Å². The molecule has 0 saturated heterocycles. The number of aliphatic carboxylic acids is 1. The molecule has 4 unspecified atom stereocenters. The van der Waals surface area contributed by atoms with E-state index in [1.807, 2.05) is 6.92 Å². The largest absolute Gasteiger partial charge is 0.478 e. The van der Waals surface area contributed by atoms with Gasteiger partial charge in [-0.05, 0) is 39.2 Å². The number of carbonyl (C=O) groups excluding carboxylic acids is 1. The van der Waals surface area contributed by atoms with Crippen LogP contribution < -0.4 is 0 Å². The molecule has 1 aliphatic heterocycles.